The minimum absolute atomic E-state index is 0.549. The summed E-state index contributed by atoms with van der Waals surface area (Å²) in [5.74, 6) is 0.549. The van der Waals surface area contributed by atoms with Crippen molar-refractivity contribution >= 4 is 10.3 Å². The molecule has 0 unspecified atom stereocenters. The van der Waals surface area contributed by atoms with Gasteiger partial charge in [-0.1, -0.05) is 19.8 Å². The van der Waals surface area contributed by atoms with Crippen LogP contribution in [0.25, 0.3) is 0 Å². The van der Waals surface area contributed by atoms with Gasteiger partial charge in [-0.3, -0.25) is 4.55 Å². The first kappa shape index (κ1) is 12.9. The smallest absolute Gasteiger partial charge is 0.273 e. The molecule has 15 heavy (non-hydrogen) atoms. The zero-order valence-corrected chi connectivity index (χ0v) is 9.96. The maximum absolute atomic E-state index is 10.6. The van der Waals surface area contributed by atoms with Crippen LogP contribution in [0.15, 0.2) is 0 Å². The molecule has 2 N–H and O–H groups in total. The summed E-state index contributed by atoms with van der Waals surface area (Å²) in [7, 11) is -4.09. The number of nitrogens with zero attached hydrogens (tertiary/aromatic N) is 1. The molecule has 1 aliphatic heterocycles. The van der Waals surface area contributed by atoms with E-state index >= 15 is 0 Å². The SMILES string of the molecule is CCCC[C@@H]1CCCN(NS(=O)(=O)O)C1. The Balaban J connectivity index is 2.35. The van der Waals surface area contributed by atoms with Crippen molar-refractivity contribution in [3.8, 4) is 0 Å². The molecule has 0 amide bonds. The van der Waals surface area contributed by atoms with Gasteiger partial charge in [-0.25, -0.2) is 5.01 Å². The molecule has 1 atom stereocenters. The zero-order valence-electron chi connectivity index (χ0n) is 9.15. The number of hydrazine groups is 1. The lowest BCUT2D eigenvalue weighted by molar-refractivity contribution is 0.139. The van der Waals surface area contributed by atoms with Gasteiger partial charge in [-0.15, -0.1) is 4.83 Å². The van der Waals surface area contributed by atoms with Crippen molar-refractivity contribution in [3.05, 3.63) is 0 Å². The number of hydrogen-bond donors (Lipinski definition) is 2. The molecule has 90 valence electrons. The van der Waals surface area contributed by atoms with E-state index in [-0.39, 0.29) is 0 Å². The topological polar surface area (TPSA) is 69.6 Å². The van der Waals surface area contributed by atoms with Crippen LogP contribution in [0.1, 0.15) is 39.0 Å². The predicted molar refractivity (Wildman–Crippen MR) is 58.5 cm³/mol. The monoisotopic (exact) mass is 236 g/mol. The van der Waals surface area contributed by atoms with Crippen LogP contribution in [-0.2, 0) is 10.3 Å². The van der Waals surface area contributed by atoms with E-state index in [9.17, 15) is 8.42 Å². The third-order valence-electron chi connectivity index (χ3n) is 2.73. The second-order valence-corrected chi connectivity index (χ2v) is 5.30. The van der Waals surface area contributed by atoms with E-state index in [1.54, 1.807) is 5.01 Å². The van der Waals surface area contributed by atoms with E-state index in [1.165, 1.54) is 12.8 Å². The first-order valence-electron chi connectivity index (χ1n) is 5.51. The maximum atomic E-state index is 10.6. The first-order chi connectivity index (χ1) is 7.01. The maximum Gasteiger partial charge on any atom is 0.346 e. The van der Waals surface area contributed by atoms with Crippen LogP contribution in [0.3, 0.4) is 0 Å². The lowest BCUT2D eigenvalue weighted by atomic mass is 9.94. The Bertz CT molecular complexity index is 279. The standard InChI is InChI=1S/C9H20N2O3S/c1-2-3-5-9-6-4-7-11(8-9)10-15(12,13)14/h9-10H,2-8H2,1H3,(H,12,13,14)/t9-/m1/s1. The van der Waals surface area contributed by atoms with Crippen molar-refractivity contribution in [3.63, 3.8) is 0 Å². The van der Waals surface area contributed by atoms with Crippen LogP contribution in [0.2, 0.25) is 0 Å². The highest BCUT2D eigenvalue weighted by molar-refractivity contribution is 7.83. The summed E-state index contributed by atoms with van der Waals surface area (Å²) in [5.41, 5.74) is 0. The Morgan fingerprint density at radius 2 is 2.27 bits per heavy atom. The molecule has 1 rings (SSSR count). The summed E-state index contributed by atoms with van der Waals surface area (Å²) in [4.78, 5) is 2.13. The minimum atomic E-state index is -4.09. The van der Waals surface area contributed by atoms with E-state index in [0.717, 1.165) is 19.3 Å². The lowest BCUT2D eigenvalue weighted by Crippen LogP contribution is -2.47. The lowest BCUT2D eigenvalue weighted by Gasteiger charge is -2.31. The summed E-state index contributed by atoms with van der Waals surface area (Å²) in [6, 6.07) is 0. The molecule has 0 aromatic rings. The van der Waals surface area contributed by atoms with E-state index in [0.29, 0.717) is 19.0 Å². The van der Waals surface area contributed by atoms with Crippen molar-refractivity contribution in [2.75, 3.05) is 13.1 Å². The van der Waals surface area contributed by atoms with Crippen molar-refractivity contribution in [2.24, 2.45) is 5.92 Å². The van der Waals surface area contributed by atoms with Gasteiger partial charge >= 0.3 is 10.3 Å². The second kappa shape index (κ2) is 5.79. The molecule has 1 fully saturated rings. The number of rotatable bonds is 5. The largest absolute Gasteiger partial charge is 0.346 e. The molecule has 1 saturated heterocycles. The second-order valence-electron chi connectivity index (χ2n) is 4.16. The predicted octanol–water partition coefficient (Wildman–Crippen LogP) is 1.20. The van der Waals surface area contributed by atoms with Crippen molar-refractivity contribution in [1.82, 2.24) is 9.84 Å². The third-order valence-corrected chi connectivity index (χ3v) is 3.22. The number of nitrogens with one attached hydrogen (secondary N) is 1. The molecule has 0 saturated carbocycles. The van der Waals surface area contributed by atoms with Crippen LogP contribution in [-0.4, -0.2) is 31.1 Å². The Labute approximate surface area is 91.7 Å². The molecule has 6 heteroatoms. The van der Waals surface area contributed by atoms with E-state index < -0.39 is 10.3 Å². The van der Waals surface area contributed by atoms with Crippen LogP contribution in [0.5, 0.6) is 0 Å². The Kier molecular flexibility index (Phi) is 4.98. The van der Waals surface area contributed by atoms with Gasteiger partial charge in [-0.2, -0.15) is 8.42 Å². The van der Waals surface area contributed by atoms with Crippen LogP contribution in [0, 0.1) is 5.92 Å². The molecular weight excluding hydrogens is 216 g/mol. The molecule has 0 radical (unpaired) electrons. The molecule has 0 aromatic heterocycles. The molecule has 1 aliphatic rings. The van der Waals surface area contributed by atoms with Gasteiger partial charge in [0.1, 0.15) is 0 Å². The fourth-order valence-corrected chi connectivity index (χ4v) is 2.53. The van der Waals surface area contributed by atoms with Crippen LogP contribution >= 0.6 is 0 Å². The van der Waals surface area contributed by atoms with Crippen molar-refractivity contribution in [1.29, 1.82) is 0 Å². The van der Waals surface area contributed by atoms with Crippen LogP contribution in [0.4, 0.5) is 0 Å². The van der Waals surface area contributed by atoms with E-state index in [4.69, 9.17) is 4.55 Å². The Morgan fingerprint density at radius 1 is 1.53 bits per heavy atom. The summed E-state index contributed by atoms with van der Waals surface area (Å²) in [5, 5.41) is 1.60. The number of piperidine rings is 1. The average Bonchev–Trinajstić information content (AvgIpc) is 2.12. The zero-order chi connectivity index (χ0) is 11.3. The minimum Gasteiger partial charge on any atom is -0.273 e. The highest BCUT2D eigenvalue weighted by atomic mass is 32.2. The normalized spacial score (nSPS) is 24.3. The van der Waals surface area contributed by atoms with Crippen LogP contribution < -0.4 is 4.83 Å². The Morgan fingerprint density at radius 3 is 2.87 bits per heavy atom. The summed E-state index contributed by atoms with van der Waals surface area (Å²) >= 11 is 0. The van der Waals surface area contributed by atoms with Gasteiger partial charge in [0.2, 0.25) is 0 Å². The van der Waals surface area contributed by atoms with Gasteiger partial charge in [0.25, 0.3) is 0 Å². The average molecular weight is 236 g/mol. The van der Waals surface area contributed by atoms with Gasteiger partial charge in [0.05, 0.1) is 0 Å². The van der Waals surface area contributed by atoms with Gasteiger partial charge in [-0.05, 0) is 25.2 Å². The summed E-state index contributed by atoms with van der Waals surface area (Å²) < 4.78 is 29.9. The number of hydrogen-bond acceptors (Lipinski definition) is 3. The third kappa shape index (κ3) is 5.46. The fraction of sp³-hybridized carbons (Fsp3) is 1.00. The summed E-state index contributed by atoms with van der Waals surface area (Å²) in [6.45, 7) is 3.54. The number of unbranched alkanes of at least 4 members (excludes halogenated alkanes) is 1. The summed E-state index contributed by atoms with van der Waals surface area (Å²) in [6.07, 6.45) is 5.63. The van der Waals surface area contributed by atoms with Crippen molar-refractivity contribution in [2.45, 2.75) is 39.0 Å². The molecular formula is C9H20N2O3S. The molecule has 0 aliphatic carbocycles. The highest BCUT2D eigenvalue weighted by Crippen LogP contribution is 2.20. The van der Waals surface area contributed by atoms with E-state index in [2.05, 4.69) is 11.8 Å². The van der Waals surface area contributed by atoms with Gasteiger partial charge in [0.15, 0.2) is 0 Å². The molecule has 0 spiro atoms. The fourth-order valence-electron chi connectivity index (χ4n) is 2.04. The van der Waals surface area contributed by atoms with Gasteiger partial charge in [0, 0.05) is 13.1 Å². The molecule has 5 nitrogen and oxygen atoms in total. The van der Waals surface area contributed by atoms with E-state index in [1.807, 2.05) is 0 Å². The highest BCUT2D eigenvalue weighted by Gasteiger charge is 2.21. The molecule has 1 heterocycles. The van der Waals surface area contributed by atoms with Gasteiger partial charge < -0.3 is 0 Å². The first-order valence-corrected chi connectivity index (χ1v) is 6.95. The Hall–Kier alpha value is -0.170. The molecule has 0 aromatic carbocycles. The molecule has 0 bridgehead atoms. The van der Waals surface area contributed by atoms with Crippen molar-refractivity contribution < 1.29 is 13.0 Å². The quantitative estimate of drug-likeness (QED) is 0.704.